The van der Waals surface area contributed by atoms with Crippen LogP contribution in [0.2, 0.25) is 0 Å². The van der Waals surface area contributed by atoms with Crippen LogP contribution in [0.5, 0.6) is 0 Å². The Bertz CT molecular complexity index is 3180. The quantitative estimate of drug-likeness (QED) is 0.135. The molecule has 6 aromatic carbocycles. The molecule has 2 aliphatic rings. The average molecular weight is 740 g/mol. The summed E-state index contributed by atoms with van der Waals surface area (Å²) < 4.78 is 0. The molecule has 0 aliphatic carbocycles. The number of halogens is 2. The topological polar surface area (TPSA) is 109 Å². The van der Waals surface area contributed by atoms with Gasteiger partial charge in [0.05, 0.1) is 0 Å². The number of aromatic nitrogens is 8. The molecule has 11 heteroatoms. The van der Waals surface area contributed by atoms with Crippen LogP contribution < -0.4 is 10.4 Å². The van der Waals surface area contributed by atoms with Crippen LogP contribution in [-0.4, -0.2) is 46.6 Å². The number of H-pyrrole nitrogens is 2. The maximum absolute atomic E-state index is 7.67. The first-order valence-electron chi connectivity index (χ1n) is 17.1. The molecule has 5 heterocycles. The Morgan fingerprint density at radius 3 is 1.34 bits per heavy atom. The van der Waals surface area contributed by atoms with Gasteiger partial charge in [-0.2, -0.15) is 0 Å². The number of benzene rings is 6. The molecule has 0 amide bonds. The molecule has 2 aliphatic heterocycles. The van der Waals surface area contributed by atoms with Crippen LogP contribution in [0.3, 0.4) is 0 Å². The van der Waals surface area contributed by atoms with E-state index in [2.05, 4.69) is 28.2 Å². The third kappa shape index (κ3) is 4.61. The smallest absolute Gasteiger partial charge is 0.311 e. The van der Waals surface area contributed by atoms with Crippen LogP contribution in [0, 0.1) is 0 Å². The molecular weight excluding hydrogens is 716 g/mol. The lowest BCUT2D eigenvalue weighted by Crippen LogP contribution is -2.49. The standard InChI is InChI=1S/C42H24Cl2N8Si/c43-53(44,32-21-9-12-23-11-1-2-13-24(23)32)33-22-10-20-31-34(33)42-51-40-30-19-8-7-18-29(30)38(49-40)47-36-26-15-4-3-14-25(26)35(45-36)46-37-27-16-5-6-17-28(27)39(48-37)50-41(31)52-42/h1-22H,(H2,45,46,47,48,49,50,51,52). The van der Waals surface area contributed by atoms with Gasteiger partial charge in [0, 0.05) is 43.8 Å². The summed E-state index contributed by atoms with van der Waals surface area (Å²) >= 11 is 15.3. The highest BCUT2D eigenvalue weighted by Gasteiger charge is 2.38. The predicted octanol–water partition coefficient (Wildman–Crippen LogP) is 9.06. The summed E-state index contributed by atoms with van der Waals surface area (Å²) in [6, 6.07) is 44.3. The molecule has 11 rings (SSSR count). The SMILES string of the molecule is Cl[Si](Cl)(c1cccc2ccccc12)c1cccc2c3nc4nc(nc5[nH]c(nc6nc(nc([nH]3)c12)-c1ccccc1-6)c1ccccc51)-c1ccccc1-4. The van der Waals surface area contributed by atoms with Crippen molar-refractivity contribution in [2.75, 3.05) is 0 Å². The Morgan fingerprint density at radius 2 is 0.755 bits per heavy atom. The summed E-state index contributed by atoms with van der Waals surface area (Å²) in [5.41, 5.74) is 5.90. The van der Waals surface area contributed by atoms with Crippen LogP contribution in [0.25, 0.3) is 100 Å². The van der Waals surface area contributed by atoms with Crippen molar-refractivity contribution in [3.63, 3.8) is 0 Å². The van der Waals surface area contributed by atoms with Crippen LogP contribution in [0.15, 0.2) is 133 Å². The maximum atomic E-state index is 7.67. The molecule has 0 radical (unpaired) electrons. The van der Waals surface area contributed by atoms with Crippen LogP contribution in [-0.2, 0) is 0 Å². The number of rotatable bonds is 2. The number of aromatic amines is 2. The second-order valence-corrected chi connectivity index (χ2v) is 19.3. The number of hydrogen-bond donors (Lipinski definition) is 2. The molecule has 0 saturated heterocycles. The summed E-state index contributed by atoms with van der Waals surface area (Å²) in [6.07, 6.45) is 0. The molecule has 250 valence electrons. The highest BCUT2D eigenvalue weighted by Crippen LogP contribution is 2.37. The summed E-state index contributed by atoms with van der Waals surface area (Å²) in [6.45, 7) is -3.41. The van der Waals surface area contributed by atoms with Gasteiger partial charge in [-0.25, -0.2) is 29.9 Å². The van der Waals surface area contributed by atoms with Crippen molar-refractivity contribution in [2.45, 2.75) is 0 Å². The lowest BCUT2D eigenvalue weighted by molar-refractivity contribution is 1.19. The van der Waals surface area contributed by atoms with Crippen molar-refractivity contribution in [3.8, 4) is 45.6 Å². The zero-order chi connectivity index (χ0) is 35.3. The van der Waals surface area contributed by atoms with E-state index in [-0.39, 0.29) is 0 Å². The van der Waals surface area contributed by atoms with E-state index in [4.69, 9.17) is 52.1 Å². The van der Waals surface area contributed by atoms with Crippen molar-refractivity contribution >= 4 is 94.1 Å². The minimum absolute atomic E-state index is 0.512. The third-order valence-corrected chi connectivity index (χ3v) is 14.7. The first-order chi connectivity index (χ1) is 26.0. The monoisotopic (exact) mass is 738 g/mol. The van der Waals surface area contributed by atoms with Gasteiger partial charge >= 0.3 is 6.69 Å². The first kappa shape index (κ1) is 30.4. The lowest BCUT2D eigenvalue weighted by atomic mass is 10.1. The Hall–Kier alpha value is -6.26. The fourth-order valence-corrected chi connectivity index (χ4v) is 11.6. The predicted molar refractivity (Wildman–Crippen MR) is 217 cm³/mol. The Labute approximate surface area is 311 Å². The molecule has 8 bridgehead atoms. The average Bonchev–Trinajstić information content (AvgIpc) is 3.93. The van der Waals surface area contributed by atoms with E-state index in [0.29, 0.717) is 45.9 Å². The summed E-state index contributed by atoms with van der Waals surface area (Å²) in [5.74, 6) is 2.13. The van der Waals surface area contributed by atoms with Gasteiger partial charge in [0.1, 0.15) is 22.6 Å². The molecule has 0 unspecified atom stereocenters. The van der Waals surface area contributed by atoms with Crippen molar-refractivity contribution < 1.29 is 0 Å². The lowest BCUT2D eigenvalue weighted by Gasteiger charge is -2.21. The summed E-state index contributed by atoms with van der Waals surface area (Å²) in [7, 11) is 0. The van der Waals surface area contributed by atoms with Crippen LogP contribution in [0.4, 0.5) is 0 Å². The largest absolute Gasteiger partial charge is 0.324 e. The zero-order valence-corrected chi connectivity index (χ0v) is 30.2. The molecule has 0 atom stereocenters. The molecule has 3 aromatic heterocycles. The number of fused-ring (bicyclic) bond motifs is 21. The highest BCUT2D eigenvalue weighted by atomic mass is 35.7. The number of nitrogens with zero attached hydrogens (tertiary/aromatic N) is 6. The molecule has 8 nitrogen and oxygen atoms in total. The van der Waals surface area contributed by atoms with E-state index >= 15 is 0 Å². The van der Waals surface area contributed by atoms with Crippen LogP contribution in [0.1, 0.15) is 0 Å². The van der Waals surface area contributed by atoms with Crippen molar-refractivity contribution in [1.29, 1.82) is 0 Å². The Morgan fingerprint density at radius 1 is 0.358 bits per heavy atom. The molecule has 2 N–H and O–H groups in total. The minimum Gasteiger partial charge on any atom is -0.324 e. The van der Waals surface area contributed by atoms with E-state index in [1.54, 1.807) is 0 Å². The van der Waals surface area contributed by atoms with Gasteiger partial charge in [-0.1, -0.05) is 133 Å². The van der Waals surface area contributed by atoms with Crippen molar-refractivity contribution in [3.05, 3.63) is 133 Å². The molecule has 53 heavy (non-hydrogen) atoms. The van der Waals surface area contributed by atoms with Gasteiger partial charge in [-0.05, 0) is 21.1 Å². The second kappa shape index (κ2) is 11.4. The van der Waals surface area contributed by atoms with Crippen LogP contribution >= 0.6 is 22.2 Å². The van der Waals surface area contributed by atoms with Gasteiger partial charge in [0.2, 0.25) is 0 Å². The molecule has 0 fully saturated rings. The Kier molecular flexibility index (Phi) is 6.51. The minimum atomic E-state index is -3.41. The zero-order valence-electron chi connectivity index (χ0n) is 27.6. The number of nitrogens with one attached hydrogen (secondary N) is 2. The van der Waals surface area contributed by atoms with Gasteiger partial charge in [0.15, 0.2) is 23.3 Å². The maximum Gasteiger partial charge on any atom is 0.311 e. The van der Waals surface area contributed by atoms with Crippen molar-refractivity contribution in [1.82, 2.24) is 39.9 Å². The third-order valence-electron chi connectivity index (χ3n) is 10.0. The van der Waals surface area contributed by atoms with Gasteiger partial charge in [0.25, 0.3) is 0 Å². The second-order valence-electron chi connectivity index (χ2n) is 13.1. The fourth-order valence-electron chi connectivity index (χ4n) is 7.60. The van der Waals surface area contributed by atoms with Gasteiger partial charge < -0.3 is 9.97 Å². The Balaban J connectivity index is 1.31. The molecule has 0 spiro atoms. The van der Waals surface area contributed by atoms with Gasteiger partial charge in [-0.3, -0.25) is 0 Å². The van der Waals surface area contributed by atoms with E-state index in [0.717, 1.165) is 64.9 Å². The summed E-state index contributed by atoms with van der Waals surface area (Å²) in [4.78, 5) is 37.7. The number of hydrogen-bond acceptors (Lipinski definition) is 6. The van der Waals surface area contributed by atoms with Crippen molar-refractivity contribution in [2.24, 2.45) is 0 Å². The molecular formula is C42H24Cl2N8Si. The van der Waals surface area contributed by atoms with E-state index in [1.165, 1.54) is 0 Å². The van der Waals surface area contributed by atoms with E-state index < -0.39 is 6.69 Å². The van der Waals surface area contributed by atoms with E-state index in [1.807, 2.05) is 115 Å². The first-order valence-corrected chi connectivity index (χ1v) is 21.1. The van der Waals surface area contributed by atoms with E-state index in [9.17, 15) is 0 Å². The van der Waals surface area contributed by atoms with Gasteiger partial charge in [-0.15, -0.1) is 22.2 Å². The fraction of sp³-hybridized carbons (Fsp3) is 0. The molecule has 9 aromatic rings. The summed E-state index contributed by atoms with van der Waals surface area (Å²) in [5, 5.41) is 7.24. The normalized spacial score (nSPS) is 12.3. The molecule has 0 saturated carbocycles. The highest BCUT2D eigenvalue weighted by molar-refractivity contribution is 7.57.